The maximum atomic E-state index is 12.3. The monoisotopic (exact) mass is 232 g/mol. The molecule has 0 N–H and O–H groups in total. The summed E-state index contributed by atoms with van der Waals surface area (Å²) in [6.45, 7) is 8.85. The fourth-order valence-electron chi connectivity index (χ4n) is 1.33. The minimum atomic E-state index is -4.33. The van der Waals surface area contributed by atoms with Crippen LogP contribution in [0.15, 0.2) is 35.5 Å². The first-order valence-electron chi connectivity index (χ1n) is 5.45. The van der Waals surface area contributed by atoms with Gasteiger partial charge >= 0.3 is 6.18 Å². The van der Waals surface area contributed by atoms with Crippen LogP contribution in [0, 0.1) is 0 Å². The van der Waals surface area contributed by atoms with E-state index in [1.807, 2.05) is 26.8 Å². The lowest BCUT2D eigenvalue weighted by Gasteiger charge is -2.07. The highest BCUT2D eigenvalue weighted by Crippen LogP contribution is 2.26. The van der Waals surface area contributed by atoms with Crippen molar-refractivity contribution < 1.29 is 13.2 Å². The second-order valence-electron chi connectivity index (χ2n) is 3.84. The van der Waals surface area contributed by atoms with Crippen molar-refractivity contribution in [1.29, 1.82) is 0 Å². The molecule has 0 nitrogen and oxygen atoms in total. The molecule has 0 bridgehead atoms. The van der Waals surface area contributed by atoms with Crippen molar-refractivity contribution in [2.45, 2.75) is 46.2 Å². The average Bonchev–Trinajstić information content (AvgIpc) is 2.15. The zero-order valence-electron chi connectivity index (χ0n) is 10.1. The summed E-state index contributed by atoms with van der Waals surface area (Å²) in [5.41, 5.74) is 0.990. The first kappa shape index (κ1) is 15.0. The van der Waals surface area contributed by atoms with Crippen molar-refractivity contribution in [3.05, 3.63) is 35.5 Å². The fourth-order valence-corrected chi connectivity index (χ4v) is 1.33. The van der Waals surface area contributed by atoms with Gasteiger partial charge in [0.05, 0.1) is 0 Å². The van der Waals surface area contributed by atoms with E-state index in [0.717, 1.165) is 24.5 Å². The van der Waals surface area contributed by atoms with Crippen LogP contribution < -0.4 is 0 Å². The second-order valence-corrected chi connectivity index (χ2v) is 3.84. The van der Waals surface area contributed by atoms with Gasteiger partial charge in [0.15, 0.2) is 0 Å². The van der Waals surface area contributed by atoms with E-state index in [1.165, 1.54) is 0 Å². The number of hydrogen-bond donors (Lipinski definition) is 0. The lowest BCUT2D eigenvalue weighted by molar-refractivity contribution is -0.0878. The zero-order chi connectivity index (χ0) is 12.8. The standard InChI is InChI=1S/C13H19F3/c1-5-7-10(3)8-12(6-2)9-11(4)13(14,15)16/h8-9H,4-7H2,1-3H3/b10-8-,12-9-. The molecule has 0 saturated carbocycles. The Bertz CT molecular complexity index is 293. The molecule has 0 spiro atoms. The summed E-state index contributed by atoms with van der Waals surface area (Å²) in [5.74, 6) is 0. The van der Waals surface area contributed by atoms with Crippen LogP contribution in [-0.4, -0.2) is 6.18 Å². The Morgan fingerprint density at radius 1 is 1.19 bits per heavy atom. The summed E-state index contributed by atoms with van der Waals surface area (Å²) < 4.78 is 36.8. The van der Waals surface area contributed by atoms with E-state index in [-0.39, 0.29) is 0 Å². The van der Waals surface area contributed by atoms with Crippen LogP contribution >= 0.6 is 0 Å². The summed E-state index contributed by atoms with van der Waals surface area (Å²) in [6.07, 6.45) is 1.11. The van der Waals surface area contributed by atoms with Crippen LogP contribution in [0.2, 0.25) is 0 Å². The molecule has 0 amide bonds. The van der Waals surface area contributed by atoms with Gasteiger partial charge < -0.3 is 0 Å². The Morgan fingerprint density at radius 3 is 2.12 bits per heavy atom. The van der Waals surface area contributed by atoms with Gasteiger partial charge in [-0.2, -0.15) is 13.2 Å². The van der Waals surface area contributed by atoms with E-state index in [1.54, 1.807) is 0 Å². The molecule has 0 aliphatic carbocycles. The molecule has 0 radical (unpaired) electrons. The molecule has 0 aromatic rings. The molecule has 0 rings (SSSR count). The summed E-state index contributed by atoms with van der Waals surface area (Å²) in [6, 6.07) is 0. The smallest absolute Gasteiger partial charge is 0.166 e. The van der Waals surface area contributed by atoms with E-state index in [9.17, 15) is 13.2 Å². The molecular weight excluding hydrogens is 213 g/mol. The highest BCUT2D eigenvalue weighted by molar-refractivity contribution is 5.32. The van der Waals surface area contributed by atoms with Crippen LogP contribution in [0.5, 0.6) is 0 Å². The Labute approximate surface area is 95.5 Å². The van der Waals surface area contributed by atoms with Gasteiger partial charge in [0.2, 0.25) is 0 Å². The van der Waals surface area contributed by atoms with E-state index in [0.29, 0.717) is 12.0 Å². The summed E-state index contributed by atoms with van der Waals surface area (Å²) >= 11 is 0. The Morgan fingerprint density at radius 2 is 1.75 bits per heavy atom. The van der Waals surface area contributed by atoms with Gasteiger partial charge in [0, 0.05) is 5.57 Å². The molecule has 0 atom stereocenters. The summed E-state index contributed by atoms with van der Waals surface area (Å²) in [5, 5.41) is 0. The maximum absolute atomic E-state index is 12.3. The minimum absolute atomic E-state index is 0.580. The quantitative estimate of drug-likeness (QED) is 0.572. The fraction of sp³-hybridized carbons (Fsp3) is 0.538. The first-order valence-corrected chi connectivity index (χ1v) is 5.45. The predicted octanol–water partition coefficient (Wildman–Crippen LogP) is 5.19. The highest BCUT2D eigenvalue weighted by Gasteiger charge is 2.30. The van der Waals surface area contributed by atoms with Crippen molar-refractivity contribution in [3.63, 3.8) is 0 Å². The van der Waals surface area contributed by atoms with Crippen LogP contribution in [0.3, 0.4) is 0 Å². The van der Waals surface area contributed by atoms with Gasteiger partial charge in [-0.05, 0) is 31.4 Å². The van der Waals surface area contributed by atoms with E-state index >= 15 is 0 Å². The third kappa shape index (κ3) is 5.79. The molecule has 16 heavy (non-hydrogen) atoms. The van der Waals surface area contributed by atoms with Crippen molar-refractivity contribution >= 4 is 0 Å². The molecule has 0 aliphatic heterocycles. The summed E-state index contributed by atoms with van der Waals surface area (Å²) in [7, 11) is 0. The van der Waals surface area contributed by atoms with E-state index in [2.05, 4.69) is 6.58 Å². The molecule has 0 aliphatic rings. The number of alkyl halides is 3. The lowest BCUT2D eigenvalue weighted by Crippen LogP contribution is -2.08. The molecule has 0 aromatic heterocycles. The summed E-state index contributed by atoms with van der Waals surface area (Å²) in [4.78, 5) is 0. The van der Waals surface area contributed by atoms with Gasteiger partial charge in [0.25, 0.3) is 0 Å². The van der Waals surface area contributed by atoms with Gasteiger partial charge in [-0.1, -0.05) is 38.5 Å². The third-order valence-electron chi connectivity index (χ3n) is 2.21. The second kappa shape index (κ2) is 6.56. The molecule has 0 heterocycles. The highest BCUT2D eigenvalue weighted by atomic mass is 19.4. The van der Waals surface area contributed by atoms with Crippen LogP contribution in [0.25, 0.3) is 0 Å². The number of hydrogen-bond acceptors (Lipinski definition) is 0. The molecule has 0 aromatic carbocycles. The topological polar surface area (TPSA) is 0 Å². The maximum Gasteiger partial charge on any atom is 0.415 e. The SMILES string of the molecule is C=C(/C=C(\C=C(\C)CCC)CC)C(F)(F)F. The molecule has 0 saturated heterocycles. The minimum Gasteiger partial charge on any atom is -0.166 e. The normalized spacial score (nSPS) is 14.1. The Hall–Kier alpha value is -0.990. The molecule has 0 fully saturated rings. The average molecular weight is 232 g/mol. The van der Waals surface area contributed by atoms with E-state index < -0.39 is 11.7 Å². The van der Waals surface area contributed by atoms with Gasteiger partial charge in [0.1, 0.15) is 0 Å². The van der Waals surface area contributed by atoms with Crippen molar-refractivity contribution in [2.24, 2.45) is 0 Å². The van der Waals surface area contributed by atoms with Crippen molar-refractivity contribution in [3.8, 4) is 0 Å². The van der Waals surface area contributed by atoms with Gasteiger partial charge in [-0.3, -0.25) is 0 Å². The number of allylic oxidation sites excluding steroid dienone is 5. The Kier molecular flexibility index (Phi) is 6.16. The van der Waals surface area contributed by atoms with Crippen molar-refractivity contribution in [1.82, 2.24) is 0 Å². The molecule has 92 valence electrons. The van der Waals surface area contributed by atoms with E-state index in [4.69, 9.17) is 0 Å². The van der Waals surface area contributed by atoms with Crippen molar-refractivity contribution in [2.75, 3.05) is 0 Å². The number of halogens is 3. The van der Waals surface area contributed by atoms with Gasteiger partial charge in [-0.15, -0.1) is 0 Å². The Balaban J connectivity index is 4.81. The molecular formula is C13H19F3. The third-order valence-corrected chi connectivity index (χ3v) is 2.21. The van der Waals surface area contributed by atoms with Crippen LogP contribution in [0.4, 0.5) is 13.2 Å². The first-order chi connectivity index (χ1) is 7.31. The van der Waals surface area contributed by atoms with Crippen LogP contribution in [0.1, 0.15) is 40.0 Å². The predicted molar refractivity (Wildman–Crippen MR) is 62.2 cm³/mol. The molecule has 0 unspecified atom stereocenters. The van der Waals surface area contributed by atoms with Gasteiger partial charge in [-0.25, -0.2) is 0 Å². The molecule has 3 heteroatoms. The lowest BCUT2D eigenvalue weighted by atomic mass is 10.0. The van der Waals surface area contributed by atoms with Crippen LogP contribution in [-0.2, 0) is 0 Å². The largest absolute Gasteiger partial charge is 0.415 e. The zero-order valence-corrected chi connectivity index (χ0v) is 10.1. The number of rotatable bonds is 5.